The second-order valence-electron chi connectivity index (χ2n) is 18.2. The molecule has 1 aromatic heterocycles. The molecule has 0 spiro atoms. The number of nitrogens with zero attached hydrogens (tertiary/aromatic N) is 1. The Morgan fingerprint density at radius 1 is 0.786 bits per heavy atom. The summed E-state index contributed by atoms with van der Waals surface area (Å²) in [5.41, 5.74) is 2.88. The fourth-order valence-corrected chi connectivity index (χ4v) is 8.22. The first kappa shape index (κ1) is 45.2. The summed E-state index contributed by atoms with van der Waals surface area (Å²) in [6.45, 7) is 22.7. The largest absolute Gasteiger partial charge is 0.512 e. The van der Waals surface area contributed by atoms with Crippen LogP contribution in [-0.2, 0) is 30.3 Å². The average molecular weight is 939 g/mol. The Labute approximate surface area is 348 Å². The van der Waals surface area contributed by atoms with Crippen LogP contribution in [0, 0.1) is 22.3 Å². The minimum Gasteiger partial charge on any atom is -0.512 e. The number of fused-ring (bicyclic) bond motifs is 4. The number of aliphatic hydroxyl groups is 1. The second kappa shape index (κ2) is 17.6. The molecule has 3 nitrogen and oxygen atoms in total. The number of aliphatic hydroxyl groups excluding tert-OH is 1. The summed E-state index contributed by atoms with van der Waals surface area (Å²) in [6, 6.07) is 26.2. The van der Waals surface area contributed by atoms with E-state index in [1.54, 1.807) is 0 Å². The summed E-state index contributed by atoms with van der Waals surface area (Å²) in [6.07, 6.45) is 4.94. The Hall–Kier alpha value is -3.47. The van der Waals surface area contributed by atoms with Gasteiger partial charge in [0, 0.05) is 54.8 Å². The van der Waals surface area contributed by atoms with E-state index in [0.29, 0.717) is 12.8 Å². The normalized spacial score (nSPS) is 19.0. The molecule has 1 saturated carbocycles. The number of ketones is 1. The van der Waals surface area contributed by atoms with E-state index in [2.05, 4.69) is 63.2 Å². The Kier molecular flexibility index (Phi) is 14.2. The Balaban J connectivity index is 0.000000330. The molecule has 1 aliphatic carbocycles. The minimum atomic E-state index is -1.20. The molecule has 2 atom stereocenters. The van der Waals surface area contributed by atoms with Gasteiger partial charge in [-0.05, 0) is 82.5 Å². The number of pyridine rings is 1. The average Bonchev–Trinajstić information content (AvgIpc) is 3.15. The first-order valence-electron chi connectivity index (χ1n) is 20.3. The molecule has 1 heterocycles. The van der Waals surface area contributed by atoms with Crippen LogP contribution in [0.15, 0.2) is 84.8 Å². The number of carbonyl (C=O) groups is 1. The van der Waals surface area contributed by atoms with Crippen LogP contribution in [0.4, 0.5) is 8.78 Å². The van der Waals surface area contributed by atoms with E-state index < -0.39 is 18.3 Å². The number of carbonyl (C=O) groups excluding carboxylic acids is 1. The molecule has 56 heavy (non-hydrogen) atoms. The zero-order valence-corrected chi connectivity index (χ0v) is 37.8. The van der Waals surface area contributed by atoms with Gasteiger partial charge in [-0.2, -0.15) is 0 Å². The van der Waals surface area contributed by atoms with Crippen molar-refractivity contribution in [3.63, 3.8) is 0 Å². The molecule has 6 heteroatoms. The maximum absolute atomic E-state index is 15.4. The van der Waals surface area contributed by atoms with Gasteiger partial charge in [-0.3, -0.25) is 9.78 Å². The molecule has 6 rings (SSSR count). The minimum absolute atomic E-state index is 0. The molecule has 4 aromatic carbocycles. The van der Waals surface area contributed by atoms with E-state index in [9.17, 15) is 9.90 Å². The number of aromatic nitrogens is 1. The van der Waals surface area contributed by atoms with Crippen molar-refractivity contribution in [1.82, 2.24) is 4.98 Å². The number of hydrogen-bond acceptors (Lipinski definition) is 3. The van der Waals surface area contributed by atoms with Crippen molar-refractivity contribution in [2.24, 2.45) is 16.2 Å². The van der Waals surface area contributed by atoms with Crippen molar-refractivity contribution in [2.75, 3.05) is 0 Å². The molecule has 0 amide bonds. The van der Waals surface area contributed by atoms with Crippen LogP contribution in [-0.4, -0.2) is 28.2 Å². The van der Waals surface area contributed by atoms with Crippen LogP contribution >= 0.6 is 0 Å². The van der Waals surface area contributed by atoms with Gasteiger partial charge in [0.2, 0.25) is 0 Å². The van der Waals surface area contributed by atoms with Crippen LogP contribution in [0.3, 0.4) is 0 Å². The summed E-state index contributed by atoms with van der Waals surface area (Å²) < 4.78 is 30.8. The van der Waals surface area contributed by atoms with E-state index in [0.717, 1.165) is 69.4 Å². The molecule has 2 unspecified atom stereocenters. The Morgan fingerprint density at radius 3 is 1.93 bits per heavy atom. The molecular weight excluding hydrogens is 877 g/mol. The van der Waals surface area contributed by atoms with Crippen molar-refractivity contribution < 1.29 is 38.8 Å². The SMILES string of the molecule is CC1(C)CC(F)C(c2cccc3c2ccc2c(-c4[c-]c5ccccc5c(C(C)(C)C)c4)nccc23)C(F)C1.CCC(C)(CC)C(=O)/C=C(\O)C(C)(CC)CC.[Ir]. The van der Waals surface area contributed by atoms with E-state index in [4.69, 9.17) is 4.98 Å². The van der Waals surface area contributed by atoms with Gasteiger partial charge in [0.25, 0.3) is 0 Å². The fraction of sp³-hybridized carbons (Fsp3) is 0.480. The third-order valence-corrected chi connectivity index (χ3v) is 12.9. The van der Waals surface area contributed by atoms with E-state index in [1.807, 2.05) is 91.9 Å². The van der Waals surface area contributed by atoms with E-state index in [1.165, 1.54) is 17.0 Å². The van der Waals surface area contributed by atoms with Crippen LogP contribution in [0.5, 0.6) is 0 Å². The van der Waals surface area contributed by atoms with Gasteiger partial charge >= 0.3 is 0 Å². The predicted molar refractivity (Wildman–Crippen MR) is 228 cm³/mol. The molecule has 0 bridgehead atoms. The third-order valence-electron chi connectivity index (χ3n) is 12.9. The van der Waals surface area contributed by atoms with Crippen molar-refractivity contribution >= 4 is 38.1 Å². The maximum Gasteiger partial charge on any atom is 0.164 e. The molecule has 5 aromatic rings. The van der Waals surface area contributed by atoms with Gasteiger partial charge in [-0.15, -0.1) is 29.1 Å². The van der Waals surface area contributed by atoms with Crippen LogP contribution in [0.2, 0.25) is 0 Å². The zero-order chi connectivity index (χ0) is 40.5. The van der Waals surface area contributed by atoms with Crippen molar-refractivity contribution in [2.45, 2.75) is 138 Å². The Bertz CT molecular complexity index is 2180. The Morgan fingerprint density at radius 2 is 1.34 bits per heavy atom. The van der Waals surface area contributed by atoms with Crippen molar-refractivity contribution in [1.29, 1.82) is 0 Å². The molecule has 0 aliphatic heterocycles. The van der Waals surface area contributed by atoms with Gasteiger partial charge in [0.15, 0.2) is 5.78 Å². The van der Waals surface area contributed by atoms with Gasteiger partial charge in [-0.25, -0.2) is 8.78 Å². The number of rotatable bonds is 9. The third kappa shape index (κ3) is 9.13. The number of allylic oxidation sites excluding steroid dienone is 2. The second-order valence-corrected chi connectivity index (χ2v) is 18.2. The number of hydrogen-bond donors (Lipinski definition) is 1. The standard InChI is InChI=1S/C35H34F2N.C15H28O2.Ir/c1-34(2,3)29-18-22(17-21-9-6-7-10-23(21)29)33-28-14-13-25-24(26(28)15-16-38-33)11-8-12-27(25)32-30(36)19-35(4,5)20-31(32)37;1-7-14(5,8-2)12(16)11-13(17)15(6,9-3)10-4;/h6-16,18,30-32H,19-20H2,1-5H3;11,16H,7-10H2,1-6H3;/q-1;;/b;12-11-;. The smallest absolute Gasteiger partial charge is 0.164 e. The summed E-state index contributed by atoms with van der Waals surface area (Å²) in [5, 5.41) is 16.4. The molecule has 1 radical (unpaired) electrons. The quantitative estimate of drug-likeness (QED) is 0.0693. The van der Waals surface area contributed by atoms with Crippen LogP contribution < -0.4 is 0 Å². The molecule has 0 saturated heterocycles. The molecule has 1 N–H and O–H groups in total. The number of benzene rings is 4. The first-order valence-corrected chi connectivity index (χ1v) is 20.3. The molecule has 1 aliphatic rings. The van der Waals surface area contributed by atoms with Crippen molar-refractivity contribution in [3.05, 3.63) is 102 Å². The summed E-state index contributed by atoms with van der Waals surface area (Å²) in [4.78, 5) is 17.0. The summed E-state index contributed by atoms with van der Waals surface area (Å²) in [7, 11) is 0. The van der Waals surface area contributed by atoms with Crippen LogP contribution in [0.25, 0.3) is 43.6 Å². The van der Waals surface area contributed by atoms with Gasteiger partial charge < -0.3 is 5.11 Å². The van der Waals surface area contributed by atoms with Gasteiger partial charge in [0.05, 0.1) is 0 Å². The summed E-state index contributed by atoms with van der Waals surface area (Å²) >= 11 is 0. The maximum atomic E-state index is 15.4. The predicted octanol–water partition coefficient (Wildman–Crippen LogP) is 14.5. The van der Waals surface area contributed by atoms with E-state index >= 15 is 8.78 Å². The molecular formula is C50H62F2IrNO2-. The number of alkyl halides is 2. The number of halogens is 2. The monoisotopic (exact) mass is 939 g/mol. The van der Waals surface area contributed by atoms with Crippen molar-refractivity contribution in [3.8, 4) is 11.3 Å². The topological polar surface area (TPSA) is 50.2 Å². The zero-order valence-electron chi connectivity index (χ0n) is 35.4. The molecule has 1 fully saturated rings. The fourth-order valence-electron chi connectivity index (χ4n) is 8.22. The van der Waals surface area contributed by atoms with E-state index in [-0.39, 0.29) is 53.3 Å². The van der Waals surface area contributed by atoms with Crippen LogP contribution in [0.1, 0.15) is 132 Å². The van der Waals surface area contributed by atoms with Gasteiger partial charge in [0.1, 0.15) is 18.1 Å². The van der Waals surface area contributed by atoms with Gasteiger partial charge in [-0.1, -0.05) is 136 Å². The molecule has 303 valence electrons. The first-order chi connectivity index (χ1) is 25.8. The summed E-state index contributed by atoms with van der Waals surface area (Å²) in [5.74, 6) is -0.456.